The number of phenolic OH excluding ortho intramolecular Hbond substituents is 1. The Balaban J connectivity index is 2.40. The molecule has 1 saturated heterocycles. The molecule has 1 aliphatic heterocycles. The van der Waals surface area contributed by atoms with Crippen LogP contribution in [0.15, 0.2) is 18.2 Å². The van der Waals surface area contributed by atoms with Gasteiger partial charge < -0.3 is 15.7 Å². The van der Waals surface area contributed by atoms with Gasteiger partial charge in [-0.25, -0.2) is 0 Å². The van der Waals surface area contributed by atoms with Gasteiger partial charge in [0.25, 0.3) is 11.6 Å². The quantitative estimate of drug-likeness (QED) is 0.611. The van der Waals surface area contributed by atoms with Gasteiger partial charge in [0.15, 0.2) is 0 Å². The van der Waals surface area contributed by atoms with Crippen LogP contribution in [0, 0.1) is 10.1 Å². The Morgan fingerprint density at radius 1 is 1.45 bits per heavy atom. The molecule has 8 nitrogen and oxygen atoms in total. The van der Waals surface area contributed by atoms with Crippen LogP contribution in [0.25, 0.3) is 0 Å². The van der Waals surface area contributed by atoms with Gasteiger partial charge in [0.2, 0.25) is 5.91 Å². The van der Waals surface area contributed by atoms with E-state index in [2.05, 4.69) is 0 Å². The Hall–Kier alpha value is -2.64. The molecule has 106 valence electrons. The molecule has 0 aromatic heterocycles. The molecule has 1 heterocycles. The lowest BCUT2D eigenvalue weighted by atomic mass is 10.1. The molecule has 1 aromatic carbocycles. The number of aromatic hydroxyl groups is 1. The van der Waals surface area contributed by atoms with E-state index in [0.717, 1.165) is 18.2 Å². The third kappa shape index (κ3) is 2.40. The zero-order valence-corrected chi connectivity index (χ0v) is 10.5. The highest BCUT2D eigenvalue weighted by Gasteiger charge is 2.35. The number of carbonyl (C=O) groups is 2. The van der Waals surface area contributed by atoms with E-state index in [1.54, 1.807) is 0 Å². The number of nitrogens with two attached hydrogens (primary N) is 1. The first kappa shape index (κ1) is 13.8. The first-order valence-corrected chi connectivity index (χ1v) is 5.99. The Kier molecular flexibility index (Phi) is 3.55. The maximum atomic E-state index is 12.3. The van der Waals surface area contributed by atoms with Crippen molar-refractivity contribution in [3.05, 3.63) is 33.9 Å². The number of phenols is 1. The van der Waals surface area contributed by atoms with E-state index in [0.29, 0.717) is 19.4 Å². The predicted octanol–water partition coefficient (Wildman–Crippen LogP) is 0.390. The van der Waals surface area contributed by atoms with E-state index in [9.17, 15) is 24.8 Å². The fraction of sp³-hybridized carbons (Fsp3) is 0.333. The zero-order valence-electron chi connectivity index (χ0n) is 10.5. The molecular weight excluding hydrogens is 266 g/mol. The smallest absolute Gasteiger partial charge is 0.282 e. The molecule has 1 atom stereocenters. The van der Waals surface area contributed by atoms with Crippen molar-refractivity contribution in [2.45, 2.75) is 18.9 Å². The summed E-state index contributed by atoms with van der Waals surface area (Å²) in [6.45, 7) is 0.305. The highest BCUT2D eigenvalue weighted by atomic mass is 16.6. The number of primary amides is 1. The molecule has 1 aliphatic rings. The fourth-order valence-electron chi connectivity index (χ4n) is 2.31. The molecule has 2 amide bonds. The largest absolute Gasteiger partial charge is 0.508 e. The van der Waals surface area contributed by atoms with Crippen molar-refractivity contribution in [2.75, 3.05) is 6.54 Å². The summed E-state index contributed by atoms with van der Waals surface area (Å²) < 4.78 is 0. The van der Waals surface area contributed by atoms with E-state index in [-0.39, 0.29) is 11.3 Å². The average molecular weight is 279 g/mol. The van der Waals surface area contributed by atoms with Gasteiger partial charge in [0.1, 0.15) is 17.4 Å². The molecule has 1 aromatic rings. The van der Waals surface area contributed by atoms with Gasteiger partial charge in [-0.15, -0.1) is 0 Å². The third-order valence-electron chi connectivity index (χ3n) is 3.25. The highest BCUT2D eigenvalue weighted by Crippen LogP contribution is 2.27. The lowest BCUT2D eigenvalue weighted by molar-refractivity contribution is -0.385. The predicted molar refractivity (Wildman–Crippen MR) is 68.0 cm³/mol. The van der Waals surface area contributed by atoms with E-state index >= 15 is 0 Å². The number of nitrogens with zero attached hydrogens (tertiary/aromatic N) is 2. The van der Waals surface area contributed by atoms with Crippen LogP contribution >= 0.6 is 0 Å². The van der Waals surface area contributed by atoms with Crippen molar-refractivity contribution < 1.29 is 19.6 Å². The second-order valence-electron chi connectivity index (χ2n) is 4.52. The topological polar surface area (TPSA) is 127 Å². The molecule has 20 heavy (non-hydrogen) atoms. The number of hydrogen-bond donors (Lipinski definition) is 2. The van der Waals surface area contributed by atoms with Gasteiger partial charge >= 0.3 is 0 Å². The molecule has 0 radical (unpaired) electrons. The molecule has 3 N–H and O–H groups in total. The molecular formula is C12H13N3O5. The second kappa shape index (κ2) is 5.16. The molecule has 2 rings (SSSR count). The number of likely N-dealkylation sites (tertiary alicyclic amines) is 1. The van der Waals surface area contributed by atoms with Crippen LogP contribution in [0.2, 0.25) is 0 Å². The summed E-state index contributed by atoms with van der Waals surface area (Å²) in [6, 6.07) is 2.45. The molecule has 0 spiro atoms. The summed E-state index contributed by atoms with van der Waals surface area (Å²) in [5, 5.41) is 20.3. The number of nitro benzene ring substituents is 1. The van der Waals surface area contributed by atoms with Crippen molar-refractivity contribution in [1.82, 2.24) is 4.90 Å². The molecule has 0 saturated carbocycles. The standard InChI is InChI=1S/C12H13N3O5/c13-11(17)10-2-1-5-14(10)12(18)8-6-7(16)3-4-9(8)15(19)20/h3-4,6,10,16H,1-2,5H2,(H2,13,17). The van der Waals surface area contributed by atoms with E-state index in [1.807, 2.05) is 0 Å². The average Bonchev–Trinajstić information content (AvgIpc) is 2.86. The maximum Gasteiger partial charge on any atom is 0.282 e. The Bertz CT molecular complexity index is 586. The summed E-state index contributed by atoms with van der Waals surface area (Å²) in [6.07, 6.45) is 1.04. The van der Waals surface area contributed by atoms with E-state index in [4.69, 9.17) is 5.73 Å². The monoisotopic (exact) mass is 279 g/mol. The van der Waals surface area contributed by atoms with Gasteiger partial charge in [-0.3, -0.25) is 19.7 Å². The summed E-state index contributed by atoms with van der Waals surface area (Å²) in [5.74, 6) is -1.57. The number of nitro groups is 1. The van der Waals surface area contributed by atoms with Crippen LogP contribution in [0.3, 0.4) is 0 Å². The minimum absolute atomic E-state index is 0.247. The van der Waals surface area contributed by atoms with Gasteiger partial charge in [-0.2, -0.15) is 0 Å². The van der Waals surface area contributed by atoms with Crippen molar-refractivity contribution >= 4 is 17.5 Å². The summed E-state index contributed by atoms with van der Waals surface area (Å²) >= 11 is 0. The first-order valence-electron chi connectivity index (χ1n) is 5.99. The zero-order chi connectivity index (χ0) is 14.9. The van der Waals surface area contributed by atoms with Crippen molar-refractivity contribution in [3.8, 4) is 5.75 Å². The number of amides is 2. The second-order valence-corrected chi connectivity index (χ2v) is 4.52. The van der Waals surface area contributed by atoms with Crippen LogP contribution in [0.5, 0.6) is 5.75 Å². The van der Waals surface area contributed by atoms with Crippen molar-refractivity contribution in [1.29, 1.82) is 0 Å². The van der Waals surface area contributed by atoms with Crippen LogP contribution in [-0.4, -0.2) is 39.3 Å². The minimum atomic E-state index is -0.760. The van der Waals surface area contributed by atoms with Crippen LogP contribution in [0.4, 0.5) is 5.69 Å². The molecule has 0 bridgehead atoms. The Labute approximate surface area is 113 Å². The van der Waals surface area contributed by atoms with Crippen LogP contribution < -0.4 is 5.73 Å². The van der Waals surface area contributed by atoms with E-state index < -0.39 is 28.5 Å². The molecule has 1 unspecified atom stereocenters. The third-order valence-corrected chi connectivity index (χ3v) is 3.25. The van der Waals surface area contributed by atoms with Crippen molar-refractivity contribution in [3.63, 3.8) is 0 Å². The normalized spacial score (nSPS) is 18.0. The summed E-state index contributed by atoms with van der Waals surface area (Å²) in [4.78, 5) is 35.1. The first-order chi connectivity index (χ1) is 9.41. The number of benzene rings is 1. The van der Waals surface area contributed by atoms with E-state index in [1.165, 1.54) is 4.90 Å². The number of carbonyl (C=O) groups excluding carboxylic acids is 2. The fourth-order valence-corrected chi connectivity index (χ4v) is 2.31. The molecule has 1 fully saturated rings. The maximum absolute atomic E-state index is 12.3. The van der Waals surface area contributed by atoms with Gasteiger partial charge in [0, 0.05) is 12.6 Å². The van der Waals surface area contributed by atoms with Crippen molar-refractivity contribution in [2.24, 2.45) is 5.73 Å². The lowest BCUT2D eigenvalue weighted by Gasteiger charge is -2.22. The highest BCUT2D eigenvalue weighted by molar-refractivity contribution is 6.01. The van der Waals surface area contributed by atoms with Gasteiger partial charge in [-0.05, 0) is 25.0 Å². The molecule has 0 aliphatic carbocycles. The number of hydrogen-bond acceptors (Lipinski definition) is 5. The lowest BCUT2D eigenvalue weighted by Crippen LogP contribution is -2.43. The molecule has 8 heteroatoms. The number of rotatable bonds is 3. The minimum Gasteiger partial charge on any atom is -0.508 e. The van der Waals surface area contributed by atoms with Crippen LogP contribution in [0.1, 0.15) is 23.2 Å². The SMILES string of the molecule is NC(=O)C1CCCN1C(=O)c1cc(O)ccc1[N+](=O)[O-]. The Morgan fingerprint density at radius 2 is 2.15 bits per heavy atom. The van der Waals surface area contributed by atoms with Gasteiger partial charge in [0.05, 0.1) is 4.92 Å². The summed E-state index contributed by atoms with van der Waals surface area (Å²) in [7, 11) is 0. The Morgan fingerprint density at radius 3 is 2.75 bits per heavy atom. The van der Waals surface area contributed by atoms with Crippen LogP contribution in [-0.2, 0) is 4.79 Å². The van der Waals surface area contributed by atoms with Gasteiger partial charge in [-0.1, -0.05) is 0 Å². The summed E-state index contributed by atoms with van der Waals surface area (Å²) in [5.41, 5.74) is 4.55.